The highest BCUT2D eigenvalue weighted by atomic mass is 127. The molecule has 0 saturated carbocycles. The Hall–Kier alpha value is -1.91. The molecule has 2 aliphatic heterocycles. The van der Waals surface area contributed by atoms with Crippen LogP contribution in [0.15, 0.2) is 29.3 Å². The van der Waals surface area contributed by atoms with Crippen LogP contribution in [0.2, 0.25) is 0 Å². The summed E-state index contributed by atoms with van der Waals surface area (Å²) in [6.45, 7) is 13.0. The maximum absolute atomic E-state index is 12.1. The first-order valence-electron chi connectivity index (χ1n) is 11.7. The summed E-state index contributed by atoms with van der Waals surface area (Å²) < 4.78 is 10.8. The van der Waals surface area contributed by atoms with Crippen LogP contribution in [-0.2, 0) is 4.74 Å². The van der Waals surface area contributed by atoms with Crippen molar-refractivity contribution in [1.29, 1.82) is 0 Å². The van der Waals surface area contributed by atoms with Crippen molar-refractivity contribution in [2.75, 3.05) is 51.3 Å². The lowest BCUT2D eigenvalue weighted by Gasteiger charge is -2.24. The number of aliphatic imine (C=N–C) groups is 1. The third kappa shape index (κ3) is 8.42. The molecule has 2 heterocycles. The van der Waals surface area contributed by atoms with E-state index in [1.54, 1.807) is 7.11 Å². The van der Waals surface area contributed by atoms with Crippen LogP contribution < -0.4 is 20.3 Å². The SMILES string of the molecule is CCNC(=NCC1CCN(c2cccc(OC)c2)C1)N1CCC(NC(=O)OC(C)(C)C)C1.I. The minimum atomic E-state index is -0.487. The molecule has 0 aliphatic carbocycles. The van der Waals surface area contributed by atoms with Gasteiger partial charge in [0.2, 0.25) is 0 Å². The summed E-state index contributed by atoms with van der Waals surface area (Å²) in [5, 5.41) is 6.41. The van der Waals surface area contributed by atoms with Crippen molar-refractivity contribution < 1.29 is 14.3 Å². The van der Waals surface area contributed by atoms with Crippen molar-refractivity contribution in [2.24, 2.45) is 10.9 Å². The lowest BCUT2D eigenvalue weighted by Crippen LogP contribution is -2.44. The van der Waals surface area contributed by atoms with Crippen molar-refractivity contribution in [2.45, 2.75) is 52.2 Å². The van der Waals surface area contributed by atoms with E-state index in [0.717, 1.165) is 63.8 Å². The first kappa shape index (κ1) is 27.3. The number of anilines is 1. The van der Waals surface area contributed by atoms with E-state index in [4.69, 9.17) is 14.5 Å². The van der Waals surface area contributed by atoms with Crippen LogP contribution in [0.5, 0.6) is 5.75 Å². The first-order chi connectivity index (χ1) is 15.3. The largest absolute Gasteiger partial charge is 0.497 e. The molecule has 33 heavy (non-hydrogen) atoms. The molecule has 186 valence electrons. The highest BCUT2D eigenvalue weighted by Gasteiger charge is 2.28. The van der Waals surface area contributed by atoms with E-state index < -0.39 is 5.60 Å². The van der Waals surface area contributed by atoms with E-state index in [-0.39, 0.29) is 36.1 Å². The van der Waals surface area contributed by atoms with Gasteiger partial charge in [0.05, 0.1) is 13.2 Å². The number of hydrogen-bond donors (Lipinski definition) is 2. The number of nitrogens with one attached hydrogen (secondary N) is 2. The van der Waals surface area contributed by atoms with Crippen LogP contribution in [0.4, 0.5) is 10.5 Å². The number of likely N-dealkylation sites (tertiary alicyclic amines) is 1. The summed E-state index contributed by atoms with van der Waals surface area (Å²) in [4.78, 5) is 21.7. The van der Waals surface area contributed by atoms with E-state index >= 15 is 0 Å². The summed E-state index contributed by atoms with van der Waals surface area (Å²) in [7, 11) is 1.70. The number of hydrogen-bond acceptors (Lipinski definition) is 5. The second kappa shape index (κ2) is 12.5. The molecule has 0 bridgehead atoms. The molecule has 0 radical (unpaired) electrons. The predicted molar refractivity (Wildman–Crippen MR) is 144 cm³/mol. The highest BCUT2D eigenvalue weighted by Crippen LogP contribution is 2.27. The molecule has 0 spiro atoms. The van der Waals surface area contributed by atoms with Gasteiger partial charge in [0.25, 0.3) is 0 Å². The molecular formula is C24H40IN5O3. The van der Waals surface area contributed by atoms with E-state index in [2.05, 4.69) is 39.5 Å². The standard InChI is InChI=1S/C24H39N5O3.HI/c1-6-25-22(29-13-11-19(17-29)27-23(30)32-24(2,3)4)26-15-18-10-12-28(16-18)20-8-7-9-21(14-20)31-5;/h7-9,14,18-19H,6,10-13,15-17H2,1-5H3,(H,25,26)(H,27,30);1H. The molecule has 2 fully saturated rings. The number of methoxy groups -OCH3 is 1. The van der Waals surface area contributed by atoms with Crippen molar-refractivity contribution in [3.63, 3.8) is 0 Å². The molecule has 2 aliphatic rings. The van der Waals surface area contributed by atoms with Gasteiger partial charge in [-0.2, -0.15) is 0 Å². The average molecular weight is 574 g/mol. The van der Waals surface area contributed by atoms with Crippen molar-refractivity contribution in [3.05, 3.63) is 24.3 Å². The maximum atomic E-state index is 12.1. The molecule has 1 amide bonds. The smallest absolute Gasteiger partial charge is 0.407 e. The fourth-order valence-electron chi connectivity index (χ4n) is 4.21. The Kier molecular flexibility index (Phi) is 10.4. The van der Waals surface area contributed by atoms with E-state index in [1.807, 2.05) is 32.9 Å². The number of rotatable bonds is 6. The molecule has 8 nitrogen and oxygen atoms in total. The normalized spacial score (nSPS) is 20.9. The lowest BCUT2D eigenvalue weighted by atomic mass is 10.1. The van der Waals surface area contributed by atoms with Gasteiger partial charge in [0.15, 0.2) is 5.96 Å². The number of amides is 1. The molecule has 0 aromatic heterocycles. The molecular weight excluding hydrogens is 533 g/mol. The van der Waals surface area contributed by atoms with E-state index in [0.29, 0.717) is 5.92 Å². The molecule has 2 N–H and O–H groups in total. The van der Waals surface area contributed by atoms with Gasteiger partial charge >= 0.3 is 6.09 Å². The first-order valence-corrected chi connectivity index (χ1v) is 11.7. The fourth-order valence-corrected chi connectivity index (χ4v) is 4.21. The summed E-state index contributed by atoms with van der Waals surface area (Å²) in [6, 6.07) is 8.32. The lowest BCUT2D eigenvalue weighted by molar-refractivity contribution is 0.0507. The summed E-state index contributed by atoms with van der Waals surface area (Å²) in [5.41, 5.74) is 0.719. The van der Waals surface area contributed by atoms with Gasteiger partial charge in [-0.1, -0.05) is 6.07 Å². The topological polar surface area (TPSA) is 78.4 Å². The Morgan fingerprint density at radius 3 is 2.70 bits per heavy atom. The van der Waals surface area contributed by atoms with Crippen LogP contribution in [0.3, 0.4) is 0 Å². The number of alkyl carbamates (subject to hydrolysis) is 1. The highest BCUT2D eigenvalue weighted by molar-refractivity contribution is 14.0. The van der Waals surface area contributed by atoms with Gasteiger partial charge in [-0.3, -0.25) is 4.99 Å². The van der Waals surface area contributed by atoms with E-state index in [1.165, 1.54) is 5.69 Å². The number of benzene rings is 1. The molecule has 3 rings (SSSR count). The maximum Gasteiger partial charge on any atom is 0.407 e. The molecule has 2 unspecified atom stereocenters. The number of halogens is 1. The Bertz CT molecular complexity index is 799. The Labute approximate surface area is 215 Å². The quantitative estimate of drug-likeness (QED) is 0.307. The zero-order chi connectivity index (χ0) is 23.1. The van der Waals surface area contributed by atoms with Crippen LogP contribution in [0.25, 0.3) is 0 Å². The Morgan fingerprint density at radius 2 is 2.00 bits per heavy atom. The number of carbonyl (C=O) groups is 1. The van der Waals surface area contributed by atoms with Gasteiger partial charge in [-0.15, -0.1) is 24.0 Å². The van der Waals surface area contributed by atoms with Crippen molar-refractivity contribution in [3.8, 4) is 5.75 Å². The van der Waals surface area contributed by atoms with Gasteiger partial charge in [0.1, 0.15) is 11.4 Å². The van der Waals surface area contributed by atoms with Crippen LogP contribution in [-0.4, -0.2) is 75.0 Å². The second-order valence-corrected chi connectivity index (χ2v) is 9.57. The number of nitrogens with zero attached hydrogens (tertiary/aromatic N) is 3. The van der Waals surface area contributed by atoms with Crippen molar-refractivity contribution in [1.82, 2.24) is 15.5 Å². The third-order valence-corrected chi connectivity index (χ3v) is 5.75. The molecule has 9 heteroatoms. The Morgan fingerprint density at radius 1 is 1.21 bits per heavy atom. The number of carbonyl (C=O) groups excluding carboxylic acids is 1. The second-order valence-electron chi connectivity index (χ2n) is 9.57. The number of ether oxygens (including phenoxy) is 2. The van der Waals surface area contributed by atoms with Crippen molar-refractivity contribution >= 4 is 41.7 Å². The predicted octanol–water partition coefficient (Wildman–Crippen LogP) is 3.70. The minimum absolute atomic E-state index is 0. The molecule has 1 aromatic rings. The van der Waals surface area contributed by atoms with Crippen LogP contribution >= 0.6 is 24.0 Å². The zero-order valence-electron chi connectivity index (χ0n) is 20.6. The number of guanidine groups is 1. The van der Waals surface area contributed by atoms with Gasteiger partial charge < -0.3 is 29.9 Å². The summed E-state index contributed by atoms with van der Waals surface area (Å²) in [6.07, 6.45) is 1.66. The van der Waals surface area contributed by atoms with E-state index in [9.17, 15) is 4.79 Å². The molecule has 1 aromatic carbocycles. The monoisotopic (exact) mass is 573 g/mol. The molecule has 2 saturated heterocycles. The molecule has 2 atom stereocenters. The van der Waals surface area contributed by atoms with Gasteiger partial charge in [0, 0.05) is 51.0 Å². The van der Waals surface area contributed by atoms with Gasteiger partial charge in [-0.25, -0.2) is 4.79 Å². The summed E-state index contributed by atoms with van der Waals surface area (Å²) in [5.74, 6) is 2.34. The van der Waals surface area contributed by atoms with Crippen LogP contribution in [0.1, 0.15) is 40.5 Å². The average Bonchev–Trinajstić information content (AvgIpc) is 3.39. The third-order valence-electron chi connectivity index (χ3n) is 5.75. The summed E-state index contributed by atoms with van der Waals surface area (Å²) >= 11 is 0. The Balaban J connectivity index is 0.00000385. The van der Waals surface area contributed by atoms with Gasteiger partial charge in [-0.05, 0) is 58.6 Å². The minimum Gasteiger partial charge on any atom is -0.497 e. The zero-order valence-corrected chi connectivity index (χ0v) is 22.9. The fraction of sp³-hybridized carbons (Fsp3) is 0.667. The van der Waals surface area contributed by atoms with Crippen LogP contribution in [0, 0.1) is 5.92 Å².